The van der Waals surface area contributed by atoms with Gasteiger partial charge in [0.05, 0.1) is 23.3 Å². The number of thioether (sulfide) groups is 1. The zero-order valence-electron chi connectivity index (χ0n) is 22.6. The van der Waals surface area contributed by atoms with Gasteiger partial charge in [0, 0.05) is 11.8 Å². The van der Waals surface area contributed by atoms with E-state index in [4.69, 9.17) is 19.5 Å². The summed E-state index contributed by atoms with van der Waals surface area (Å²) in [6.07, 6.45) is 0.580. The molecule has 4 N–H and O–H groups in total. The average molecular weight is 612 g/mol. The van der Waals surface area contributed by atoms with Gasteiger partial charge in [-0.05, 0) is 23.9 Å². The van der Waals surface area contributed by atoms with Gasteiger partial charge in [-0.3, -0.25) is 13.9 Å². The number of fused-ring (bicyclic) bond motifs is 1. The topological polar surface area (TPSA) is 168 Å². The molecule has 2 heterocycles. The second kappa shape index (κ2) is 13.1. The van der Waals surface area contributed by atoms with Crippen LogP contribution >= 0.6 is 19.5 Å². The third kappa shape index (κ3) is 7.18. The number of aromatic nitrogens is 3. The molecule has 3 aromatic carbocycles. The summed E-state index contributed by atoms with van der Waals surface area (Å²) < 4.78 is 32.7. The second-order valence-corrected chi connectivity index (χ2v) is 12.8. The summed E-state index contributed by atoms with van der Waals surface area (Å²) in [6.45, 7) is 1.33. The molecule has 4 aromatic rings. The van der Waals surface area contributed by atoms with Gasteiger partial charge in [0.1, 0.15) is 24.7 Å². The Morgan fingerprint density at radius 2 is 1.90 bits per heavy atom. The number of hydrogen-bond donors (Lipinski definition) is 3. The van der Waals surface area contributed by atoms with Crippen LogP contribution in [-0.2, 0) is 25.2 Å². The fourth-order valence-electron chi connectivity index (χ4n) is 4.40. The number of nitrogens with two attached hydrogens (primary N) is 1. The standard InChI is InChI=1S/C28H30N5O7PS/c1-18(26(35)38-15-19-8-3-2-4-9-19)32-41(37,40-23-13-7-11-20-10-5-6-12-21(20)23)39-16-24-22(34)14-25(42-24)33-17-30-27(29)31-28(33)36/h2-13,17-18,22,24-25,34H,14-16H2,1H3,(H,32,37)(H2,29,31,36)/t18-,22?,24+,25+,41?/m0/s1. The van der Waals surface area contributed by atoms with Crippen molar-refractivity contribution in [2.24, 2.45) is 0 Å². The average Bonchev–Trinajstić information content (AvgIpc) is 3.35. The normalized spacial score (nSPS) is 20.6. The van der Waals surface area contributed by atoms with Gasteiger partial charge in [0.2, 0.25) is 5.95 Å². The highest BCUT2D eigenvalue weighted by Gasteiger charge is 2.39. The van der Waals surface area contributed by atoms with Crippen molar-refractivity contribution in [1.82, 2.24) is 19.6 Å². The SMILES string of the molecule is C[C@H](NP(=O)(OC[C@H]1S[C@@H](n2cnc(N)nc2=O)CC1O)Oc1cccc2ccccc12)C(=O)OCc1ccccc1. The number of rotatable bonds is 11. The Bertz CT molecular complexity index is 1650. The highest BCUT2D eigenvalue weighted by Crippen LogP contribution is 2.49. The van der Waals surface area contributed by atoms with Gasteiger partial charge in [0.25, 0.3) is 0 Å². The van der Waals surface area contributed by atoms with Crippen molar-refractivity contribution >= 4 is 42.2 Å². The van der Waals surface area contributed by atoms with E-state index in [2.05, 4.69) is 15.1 Å². The predicted molar refractivity (Wildman–Crippen MR) is 159 cm³/mol. The number of esters is 1. The van der Waals surface area contributed by atoms with Crippen LogP contribution in [0.3, 0.4) is 0 Å². The third-order valence-electron chi connectivity index (χ3n) is 6.57. The van der Waals surface area contributed by atoms with E-state index in [1.807, 2.05) is 60.7 Å². The van der Waals surface area contributed by atoms with Gasteiger partial charge in [-0.25, -0.2) is 14.3 Å². The minimum absolute atomic E-state index is 0.0432. The Kier molecular flexibility index (Phi) is 9.24. The first kappa shape index (κ1) is 29.7. The van der Waals surface area contributed by atoms with Crippen molar-refractivity contribution < 1.29 is 28.3 Å². The van der Waals surface area contributed by atoms with Gasteiger partial charge in [-0.15, -0.1) is 11.8 Å². The molecule has 14 heteroatoms. The van der Waals surface area contributed by atoms with E-state index < -0.39 is 42.2 Å². The second-order valence-electron chi connectivity index (χ2n) is 9.64. The smallest absolute Gasteiger partial charge is 0.459 e. The van der Waals surface area contributed by atoms with Gasteiger partial charge in [-0.2, -0.15) is 10.1 Å². The van der Waals surface area contributed by atoms with E-state index in [-0.39, 0.29) is 31.3 Å². The van der Waals surface area contributed by atoms with Crippen molar-refractivity contribution in [2.75, 3.05) is 12.3 Å². The van der Waals surface area contributed by atoms with Crippen LogP contribution in [0, 0.1) is 0 Å². The Morgan fingerprint density at radius 3 is 2.69 bits per heavy atom. The molecule has 220 valence electrons. The molecule has 0 saturated carbocycles. The minimum Gasteiger partial charge on any atom is -0.460 e. The van der Waals surface area contributed by atoms with Crippen LogP contribution < -0.4 is 21.0 Å². The number of ether oxygens (including phenoxy) is 1. The molecule has 0 amide bonds. The summed E-state index contributed by atoms with van der Waals surface area (Å²) in [7, 11) is -4.22. The number of benzene rings is 3. The van der Waals surface area contributed by atoms with Gasteiger partial charge in [0.15, 0.2) is 0 Å². The maximum atomic E-state index is 14.2. The molecule has 5 atom stereocenters. The fourth-order valence-corrected chi connectivity index (χ4v) is 7.46. The molecule has 2 unspecified atom stereocenters. The summed E-state index contributed by atoms with van der Waals surface area (Å²) in [4.78, 5) is 32.6. The van der Waals surface area contributed by atoms with E-state index in [9.17, 15) is 19.3 Å². The summed E-state index contributed by atoms with van der Waals surface area (Å²) in [5.41, 5.74) is 5.70. The summed E-state index contributed by atoms with van der Waals surface area (Å²) >= 11 is 1.24. The van der Waals surface area contributed by atoms with E-state index >= 15 is 0 Å². The molecule has 0 bridgehead atoms. The molecule has 1 saturated heterocycles. The lowest BCUT2D eigenvalue weighted by molar-refractivity contribution is -0.146. The molecule has 0 radical (unpaired) electrons. The molecular weight excluding hydrogens is 581 g/mol. The number of carbonyl (C=O) groups excluding carboxylic acids is 1. The van der Waals surface area contributed by atoms with Crippen molar-refractivity contribution in [2.45, 2.75) is 42.7 Å². The zero-order valence-corrected chi connectivity index (χ0v) is 24.3. The summed E-state index contributed by atoms with van der Waals surface area (Å²) in [6, 6.07) is 20.8. The Balaban J connectivity index is 1.32. The fraction of sp³-hybridized carbons (Fsp3) is 0.286. The van der Waals surface area contributed by atoms with Crippen molar-refractivity contribution in [1.29, 1.82) is 0 Å². The van der Waals surface area contributed by atoms with Crippen LogP contribution in [0.4, 0.5) is 5.95 Å². The molecule has 5 rings (SSSR count). The van der Waals surface area contributed by atoms with Crippen LogP contribution in [0.5, 0.6) is 5.75 Å². The number of aliphatic hydroxyl groups excluding tert-OH is 1. The molecule has 0 aliphatic carbocycles. The van der Waals surface area contributed by atoms with Crippen LogP contribution in [0.1, 0.15) is 24.3 Å². The molecular formula is C28H30N5O7PS. The molecule has 42 heavy (non-hydrogen) atoms. The number of aliphatic hydroxyl groups is 1. The lowest BCUT2D eigenvalue weighted by Crippen LogP contribution is -2.36. The van der Waals surface area contributed by atoms with Crippen molar-refractivity contribution in [3.8, 4) is 5.75 Å². The number of nitrogens with zero attached hydrogens (tertiary/aromatic N) is 3. The maximum absolute atomic E-state index is 14.2. The molecule has 12 nitrogen and oxygen atoms in total. The first-order chi connectivity index (χ1) is 20.2. The van der Waals surface area contributed by atoms with E-state index in [1.165, 1.54) is 29.6 Å². The molecule has 1 fully saturated rings. The Hall–Kier alpha value is -3.74. The quantitative estimate of drug-likeness (QED) is 0.167. The van der Waals surface area contributed by atoms with Crippen LogP contribution in [-0.4, -0.2) is 49.6 Å². The van der Waals surface area contributed by atoms with Crippen molar-refractivity contribution in [3.63, 3.8) is 0 Å². The Morgan fingerprint density at radius 1 is 1.17 bits per heavy atom. The first-order valence-corrected chi connectivity index (χ1v) is 15.6. The minimum atomic E-state index is -4.22. The number of carbonyl (C=O) groups is 1. The lowest BCUT2D eigenvalue weighted by Gasteiger charge is -2.25. The van der Waals surface area contributed by atoms with E-state index in [0.717, 1.165) is 10.9 Å². The number of nitrogens with one attached hydrogen (secondary N) is 1. The van der Waals surface area contributed by atoms with Crippen LogP contribution in [0.25, 0.3) is 10.8 Å². The molecule has 1 aromatic heterocycles. The predicted octanol–water partition coefficient (Wildman–Crippen LogP) is 3.66. The largest absolute Gasteiger partial charge is 0.460 e. The summed E-state index contributed by atoms with van der Waals surface area (Å²) in [5.74, 6) is -0.507. The highest BCUT2D eigenvalue weighted by atomic mass is 32.2. The van der Waals surface area contributed by atoms with E-state index in [0.29, 0.717) is 5.39 Å². The number of hydrogen-bond acceptors (Lipinski definition) is 11. The van der Waals surface area contributed by atoms with Gasteiger partial charge in [-0.1, -0.05) is 66.7 Å². The van der Waals surface area contributed by atoms with Crippen molar-refractivity contribution in [3.05, 3.63) is 95.2 Å². The Labute approximate surface area is 245 Å². The third-order valence-corrected chi connectivity index (χ3v) is 9.73. The van der Waals surface area contributed by atoms with E-state index in [1.54, 1.807) is 12.1 Å². The van der Waals surface area contributed by atoms with Gasteiger partial charge >= 0.3 is 19.4 Å². The van der Waals surface area contributed by atoms with Crippen LogP contribution in [0.15, 0.2) is 83.9 Å². The molecule has 0 spiro atoms. The van der Waals surface area contributed by atoms with Crippen LogP contribution in [0.2, 0.25) is 0 Å². The monoisotopic (exact) mass is 611 g/mol. The van der Waals surface area contributed by atoms with Gasteiger partial charge < -0.3 is 20.1 Å². The molecule has 1 aliphatic rings. The summed E-state index contributed by atoms with van der Waals surface area (Å²) in [5, 5.41) is 13.9. The molecule has 1 aliphatic heterocycles. The number of anilines is 1. The zero-order chi connectivity index (χ0) is 29.7. The number of nitrogen functional groups attached to an aromatic ring is 1. The highest BCUT2D eigenvalue weighted by molar-refractivity contribution is 8.00. The first-order valence-electron chi connectivity index (χ1n) is 13.2. The maximum Gasteiger partial charge on any atom is 0.459 e. The lowest BCUT2D eigenvalue weighted by atomic mass is 10.1.